The highest BCUT2D eigenvalue weighted by Crippen LogP contribution is 2.26. The molecule has 1 N–H and O–H groups in total. The molecule has 20 heavy (non-hydrogen) atoms. The maximum Gasteiger partial charge on any atom is 0.256 e. The van der Waals surface area contributed by atoms with Gasteiger partial charge in [-0.05, 0) is 19.3 Å². The van der Waals surface area contributed by atoms with Gasteiger partial charge in [0.25, 0.3) is 5.91 Å². The molecule has 0 aliphatic carbocycles. The monoisotopic (exact) mass is 280 g/mol. The molecule has 2 heterocycles. The second-order valence-electron chi connectivity index (χ2n) is 5.76. The summed E-state index contributed by atoms with van der Waals surface area (Å²) in [7, 11) is 0. The molecular formula is C15H24N2O3. The first-order valence-corrected chi connectivity index (χ1v) is 7.39. The van der Waals surface area contributed by atoms with E-state index < -0.39 is 0 Å². The number of hydrogen-bond acceptors (Lipinski definition) is 4. The van der Waals surface area contributed by atoms with Gasteiger partial charge in [-0.15, -0.1) is 0 Å². The van der Waals surface area contributed by atoms with Gasteiger partial charge in [0, 0.05) is 25.5 Å². The summed E-state index contributed by atoms with van der Waals surface area (Å²) >= 11 is 0. The van der Waals surface area contributed by atoms with Crippen molar-refractivity contribution in [1.29, 1.82) is 0 Å². The maximum absolute atomic E-state index is 12.3. The summed E-state index contributed by atoms with van der Waals surface area (Å²) in [4.78, 5) is 12.3. The van der Waals surface area contributed by atoms with Gasteiger partial charge in [-0.25, -0.2) is 0 Å². The van der Waals surface area contributed by atoms with Crippen molar-refractivity contribution in [3.63, 3.8) is 0 Å². The topological polar surface area (TPSA) is 64.4 Å². The molecule has 1 saturated heterocycles. The van der Waals surface area contributed by atoms with Crippen LogP contribution in [0.25, 0.3) is 0 Å². The highest BCUT2D eigenvalue weighted by Gasteiger charge is 2.31. The average molecular weight is 280 g/mol. The number of carbonyl (C=O) groups is 1. The van der Waals surface area contributed by atoms with Crippen molar-refractivity contribution in [3.8, 4) is 0 Å². The molecule has 0 radical (unpaired) electrons. The number of hydrogen-bond donors (Lipinski definition) is 1. The van der Waals surface area contributed by atoms with E-state index in [9.17, 15) is 4.79 Å². The van der Waals surface area contributed by atoms with E-state index in [0.29, 0.717) is 41.8 Å². The van der Waals surface area contributed by atoms with Crippen LogP contribution in [-0.2, 0) is 11.2 Å². The quantitative estimate of drug-likeness (QED) is 0.899. The Bertz CT molecular complexity index is 468. The summed E-state index contributed by atoms with van der Waals surface area (Å²) in [5, 5.41) is 6.88. The lowest BCUT2D eigenvalue weighted by atomic mass is 9.93. The smallest absolute Gasteiger partial charge is 0.256 e. The zero-order valence-corrected chi connectivity index (χ0v) is 12.7. The molecule has 2 rings (SSSR count). The van der Waals surface area contributed by atoms with Crippen LogP contribution in [0, 0.1) is 18.8 Å². The molecule has 1 amide bonds. The van der Waals surface area contributed by atoms with E-state index in [1.807, 2.05) is 6.92 Å². The van der Waals surface area contributed by atoms with E-state index in [1.54, 1.807) is 6.92 Å². The van der Waals surface area contributed by atoms with Gasteiger partial charge in [0.1, 0.15) is 11.3 Å². The first-order chi connectivity index (χ1) is 9.54. The van der Waals surface area contributed by atoms with Gasteiger partial charge in [0.2, 0.25) is 0 Å². The van der Waals surface area contributed by atoms with Crippen molar-refractivity contribution >= 4 is 5.91 Å². The molecular weight excluding hydrogens is 256 g/mol. The lowest BCUT2D eigenvalue weighted by molar-refractivity contribution is 0.0533. The zero-order valence-electron chi connectivity index (χ0n) is 12.7. The summed E-state index contributed by atoms with van der Waals surface area (Å²) in [5.74, 6) is 1.44. The molecule has 5 nitrogen and oxygen atoms in total. The normalized spacial score (nSPS) is 22.4. The SMILES string of the molecule is CCc1onc(C)c1C(=O)NCC1CCOC1C(C)C. The molecule has 1 aromatic heterocycles. The van der Waals surface area contributed by atoms with Gasteiger partial charge < -0.3 is 14.6 Å². The molecule has 2 unspecified atom stereocenters. The van der Waals surface area contributed by atoms with Crippen LogP contribution >= 0.6 is 0 Å². The van der Waals surface area contributed by atoms with Gasteiger partial charge in [-0.3, -0.25) is 4.79 Å². The van der Waals surface area contributed by atoms with Gasteiger partial charge in [-0.1, -0.05) is 25.9 Å². The molecule has 2 atom stereocenters. The highest BCUT2D eigenvalue weighted by molar-refractivity contribution is 5.96. The van der Waals surface area contributed by atoms with Crippen LogP contribution < -0.4 is 5.32 Å². The lowest BCUT2D eigenvalue weighted by Gasteiger charge is -2.22. The molecule has 5 heteroatoms. The zero-order chi connectivity index (χ0) is 14.7. The second-order valence-corrected chi connectivity index (χ2v) is 5.76. The minimum absolute atomic E-state index is 0.0880. The van der Waals surface area contributed by atoms with Crippen LogP contribution in [-0.4, -0.2) is 30.3 Å². The second kappa shape index (κ2) is 6.39. The molecule has 1 aliphatic rings. The van der Waals surface area contributed by atoms with Gasteiger partial charge >= 0.3 is 0 Å². The Labute approximate surface area is 120 Å². The number of rotatable bonds is 5. The third-order valence-electron chi connectivity index (χ3n) is 3.93. The van der Waals surface area contributed by atoms with Crippen LogP contribution in [0.15, 0.2) is 4.52 Å². The molecule has 0 bridgehead atoms. The Morgan fingerprint density at radius 2 is 2.25 bits per heavy atom. The van der Waals surface area contributed by atoms with Crippen LogP contribution in [0.2, 0.25) is 0 Å². The Morgan fingerprint density at radius 3 is 2.90 bits per heavy atom. The van der Waals surface area contributed by atoms with Gasteiger partial charge in [0.15, 0.2) is 0 Å². The fourth-order valence-corrected chi connectivity index (χ4v) is 2.87. The number of nitrogens with zero attached hydrogens (tertiary/aromatic N) is 1. The van der Waals surface area contributed by atoms with E-state index in [-0.39, 0.29) is 12.0 Å². The average Bonchev–Trinajstić information content (AvgIpc) is 3.02. The number of nitrogens with one attached hydrogen (secondary N) is 1. The Morgan fingerprint density at radius 1 is 1.50 bits per heavy atom. The number of carbonyl (C=O) groups excluding carboxylic acids is 1. The van der Waals surface area contributed by atoms with Crippen molar-refractivity contribution < 1.29 is 14.1 Å². The Hall–Kier alpha value is -1.36. The van der Waals surface area contributed by atoms with E-state index in [0.717, 1.165) is 13.0 Å². The van der Waals surface area contributed by atoms with Gasteiger partial charge in [0.05, 0.1) is 11.8 Å². The Kier molecular flexibility index (Phi) is 4.81. The predicted octanol–water partition coefficient (Wildman–Crippen LogP) is 2.34. The van der Waals surface area contributed by atoms with E-state index in [2.05, 4.69) is 24.3 Å². The summed E-state index contributed by atoms with van der Waals surface area (Å²) in [6, 6.07) is 0. The van der Waals surface area contributed by atoms with Crippen molar-refractivity contribution in [3.05, 3.63) is 17.0 Å². The molecule has 0 saturated carbocycles. The number of aryl methyl sites for hydroxylation is 2. The Balaban J connectivity index is 1.97. The van der Waals surface area contributed by atoms with Crippen molar-refractivity contribution in [2.75, 3.05) is 13.2 Å². The van der Waals surface area contributed by atoms with E-state index >= 15 is 0 Å². The van der Waals surface area contributed by atoms with Crippen LogP contribution in [0.4, 0.5) is 0 Å². The summed E-state index contributed by atoms with van der Waals surface area (Å²) in [5.41, 5.74) is 1.25. The van der Waals surface area contributed by atoms with Crippen molar-refractivity contribution in [1.82, 2.24) is 10.5 Å². The fourth-order valence-electron chi connectivity index (χ4n) is 2.87. The van der Waals surface area contributed by atoms with Crippen LogP contribution in [0.3, 0.4) is 0 Å². The van der Waals surface area contributed by atoms with Crippen molar-refractivity contribution in [2.24, 2.45) is 11.8 Å². The summed E-state index contributed by atoms with van der Waals surface area (Å²) < 4.78 is 10.9. The highest BCUT2D eigenvalue weighted by atomic mass is 16.5. The summed E-state index contributed by atoms with van der Waals surface area (Å²) in [6.45, 7) is 9.50. The maximum atomic E-state index is 12.3. The van der Waals surface area contributed by atoms with E-state index in [4.69, 9.17) is 9.26 Å². The summed E-state index contributed by atoms with van der Waals surface area (Å²) in [6.07, 6.45) is 1.92. The number of amides is 1. The molecule has 0 spiro atoms. The molecule has 1 aliphatic heterocycles. The third kappa shape index (κ3) is 3.03. The molecule has 1 aromatic rings. The largest absolute Gasteiger partial charge is 0.378 e. The minimum atomic E-state index is -0.0880. The number of aromatic nitrogens is 1. The molecule has 112 valence electrons. The van der Waals surface area contributed by atoms with E-state index in [1.165, 1.54) is 0 Å². The first-order valence-electron chi connectivity index (χ1n) is 7.39. The molecule has 1 fully saturated rings. The lowest BCUT2D eigenvalue weighted by Crippen LogP contribution is -2.35. The third-order valence-corrected chi connectivity index (χ3v) is 3.93. The van der Waals surface area contributed by atoms with Crippen LogP contribution in [0.5, 0.6) is 0 Å². The molecule has 0 aromatic carbocycles. The minimum Gasteiger partial charge on any atom is -0.378 e. The first kappa shape index (κ1) is 15.0. The predicted molar refractivity (Wildman–Crippen MR) is 75.6 cm³/mol. The standard InChI is InChI=1S/C15H24N2O3/c1-5-12-13(10(4)17-20-12)15(18)16-8-11-6-7-19-14(11)9(2)3/h9,11,14H,5-8H2,1-4H3,(H,16,18). The van der Waals surface area contributed by atoms with Gasteiger partial charge in [-0.2, -0.15) is 0 Å². The fraction of sp³-hybridized carbons (Fsp3) is 0.733. The number of ether oxygens (including phenoxy) is 1. The van der Waals surface area contributed by atoms with Crippen LogP contribution in [0.1, 0.15) is 49.0 Å². The van der Waals surface area contributed by atoms with Crippen molar-refractivity contribution in [2.45, 2.75) is 46.6 Å².